The average molecular weight is 271 g/mol. The summed E-state index contributed by atoms with van der Waals surface area (Å²) in [4.78, 5) is 22.3. The molecule has 0 spiro atoms. The number of carbonyl (C=O) groups is 2. The van der Waals surface area contributed by atoms with Crippen LogP contribution < -0.4 is 0 Å². The quantitative estimate of drug-likeness (QED) is 0.660. The van der Waals surface area contributed by atoms with Crippen LogP contribution in [0.5, 0.6) is 0 Å². The van der Waals surface area contributed by atoms with Gasteiger partial charge in [-0.2, -0.15) is 0 Å². The molecule has 1 unspecified atom stereocenters. The number of hydrogen-bond acceptors (Lipinski definition) is 2. The van der Waals surface area contributed by atoms with E-state index in [1.165, 1.54) is 0 Å². The molecule has 3 nitrogen and oxygen atoms in total. The summed E-state index contributed by atoms with van der Waals surface area (Å²) in [6.07, 6.45) is -0.140. The molecular formula is C11H11BrO3. The second kappa shape index (κ2) is 5.66. The Morgan fingerprint density at radius 1 is 1.27 bits per heavy atom. The first kappa shape index (κ1) is 11.9. The Kier molecular flexibility index (Phi) is 4.49. The number of carboxylic acids is 1. The van der Waals surface area contributed by atoms with Gasteiger partial charge in [-0.05, 0) is 0 Å². The Hall–Kier alpha value is -1.16. The number of benzene rings is 1. The lowest BCUT2D eigenvalue weighted by molar-refractivity contribution is -0.137. The topological polar surface area (TPSA) is 54.4 Å². The van der Waals surface area contributed by atoms with Crippen molar-refractivity contribution >= 4 is 27.7 Å². The van der Waals surface area contributed by atoms with Gasteiger partial charge in [0.15, 0.2) is 5.78 Å². The minimum absolute atomic E-state index is 0.130. The normalized spacial score (nSPS) is 12.1. The Balaban J connectivity index is 2.78. The highest BCUT2D eigenvalue weighted by molar-refractivity contribution is 9.09. The minimum Gasteiger partial charge on any atom is -0.481 e. The largest absolute Gasteiger partial charge is 0.481 e. The Morgan fingerprint density at radius 2 is 1.87 bits per heavy atom. The van der Waals surface area contributed by atoms with Crippen LogP contribution in [0.15, 0.2) is 30.3 Å². The van der Waals surface area contributed by atoms with Crippen molar-refractivity contribution in [3.05, 3.63) is 35.9 Å². The molecule has 1 atom stereocenters. The zero-order valence-corrected chi connectivity index (χ0v) is 9.61. The first-order chi connectivity index (χ1) is 7.15. The number of ketones is 1. The highest BCUT2D eigenvalue weighted by Gasteiger charge is 2.21. The van der Waals surface area contributed by atoms with Crippen LogP contribution in [0.2, 0.25) is 0 Å². The van der Waals surface area contributed by atoms with Gasteiger partial charge < -0.3 is 5.11 Å². The van der Waals surface area contributed by atoms with E-state index >= 15 is 0 Å². The predicted molar refractivity (Wildman–Crippen MR) is 60.3 cm³/mol. The molecule has 0 heterocycles. The summed E-state index contributed by atoms with van der Waals surface area (Å²) >= 11 is 3.16. The Labute approximate surface area is 96.2 Å². The van der Waals surface area contributed by atoms with Gasteiger partial charge in [0.05, 0.1) is 6.42 Å². The lowest BCUT2D eigenvalue weighted by Gasteiger charge is -2.09. The summed E-state index contributed by atoms with van der Waals surface area (Å²) < 4.78 is 0. The molecule has 1 N–H and O–H groups in total. The van der Waals surface area contributed by atoms with Gasteiger partial charge in [-0.3, -0.25) is 9.59 Å². The van der Waals surface area contributed by atoms with E-state index in [1.807, 2.05) is 6.07 Å². The van der Waals surface area contributed by atoms with Crippen molar-refractivity contribution in [2.45, 2.75) is 6.42 Å². The van der Waals surface area contributed by atoms with E-state index in [0.717, 1.165) is 0 Å². The van der Waals surface area contributed by atoms with Gasteiger partial charge >= 0.3 is 5.97 Å². The third-order valence-electron chi connectivity index (χ3n) is 2.04. The first-order valence-electron chi connectivity index (χ1n) is 4.52. The molecule has 15 heavy (non-hydrogen) atoms. The third-order valence-corrected chi connectivity index (χ3v) is 2.82. The summed E-state index contributed by atoms with van der Waals surface area (Å²) in [6, 6.07) is 8.73. The molecule has 0 radical (unpaired) electrons. The van der Waals surface area contributed by atoms with Crippen molar-refractivity contribution in [1.82, 2.24) is 0 Å². The number of Topliss-reactive ketones (excluding diaryl/α,β-unsaturated/α-hetero) is 1. The molecule has 0 saturated carbocycles. The second-order valence-corrected chi connectivity index (χ2v) is 3.83. The standard InChI is InChI=1S/C11H11BrO3/c12-7-9(6-10(13)14)11(15)8-4-2-1-3-5-8/h1-5,9H,6-7H2,(H,13,14). The predicted octanol–water partition coefficient (Wildman–Crippen LogP) is 2.36. The van der Waals surface area contributed by atoms with Gasteiger partial charge in [-0.1, -0.05) is 46.3 Å². The Bertz CT molecular complexity index is 348. The number of rotatable bonds is 5. The van der Waals surface area contributed by atoms with Crippen LogP contribution in [0.25, 0.3) is 0 Å². The molecule has 4 heteroatoms. The van der Waals surface area contributed by atoms with Gasteiger partial charge in [0.2, 0.25) is 0 Å². The maximum Gasteiger partial charge on any atom is 0.304 e. The molecule has 80 valence electrons. The number of halogens is 1. The van der Waals surface area contributed by atoms with Crippen LogP contribution in [0.3, 0.4) is 0 Å². The van der Waals surface area contributed by atoms with Gasteiger partial charge in [0, 0.05) is 16.8 Å². The van der Waals surface area contributed by atoms with E-state index in [0.29, 0.717) is 10.9 Å². The highest BCUT2D eigenvalue weighted by atomic mass is 79.9. The van der Waals surface area contributed by atoms with Crippen LogP contribution in [0.4, 0.5) is 0 Å². The fourth-order valence-corrected chi connectivity index (χ4v) is 1.79. The second-order valence-electron chi connectivity index (χ2n) is 3.18. The highest BCUT2D eigenvalue weighted by Crippen LogP contribution is 2.14. The van der Waals surface area contributed by atoms with E-state index in [-0.39, 0.29) is 12.2 Å². The van der Waals surface area contributed by atoms with Gasteiger partial charge in [0.25, 0.3) is 0 Å². The molecule has 1 aromatic rings. The van der Waals surface area contributed by atoms with Crippen molar-refractivity contribution in [1.29, 1.82) is 0 Å². The summed E-state index contributed by atoms with van der Waals surface area (Å²) in [6.45, 7) is 0. The SMILES string of the molecule is O=C(O)CC(CBr)C(=O)c1ccccc1. The maximum absolute atomic E-state index is 11.8. The molecule has 0 saturated heterocycles. The van der Waals surface area contributed by atoms with Crippen molar-refractivity contribution in [2.24, 2.45) is 5.92 Å². The maximum atomic E-state index is 11.8. The monoisotopic (exact) mass is 270 g/mol. The average Bonchev–Trinajstić information content (AvgIpc) is 2.26. The van der Waals surface area contributed by atoms with E-state index in [1.54, 1.807) is 24.3 Å². The fraction of sp³-hybridized carbons (Fsp3) is 0.273. The van der Waals surface area contributed by atoms with Gasteiger partial charge in [-0.15, -0.1) is 0 Å². The molecule has 0 fully saturated rings. The van der Waals surface area contributed by atoms with E-state index in [4.69, 9.17) is 5.11 Å². The van der Waals surface area contributed by atoms with Gasteiger partial charge in [0.1, 0.15) is 0 Å². The van der Waals surface area contributed by atoms with Crippen LogP contribution in [0.1, 0.15) is 16.8 Å². The molecule has 1 rings (SSSR count). The molecule has 0 aliphatic carbocycles. The van der Waals surface area contributed by atoms with Crippen molar-refractivity contribution in [3.63, 3.8) is 0 Å². The van der Waals surface area contributed by atoms with Crippen LogP contribution in [-0.2, 0) is 4.79 Å². The summed E-state index contributed by atoms with van der Waals surface area (Å²) in [7, 11) is 0. The molecule has 0 bridgehead atoms. The first-order valence-corrected chi connectivity index (χ1v) is 5.64. The van der Waals surface area contributed by atoms with Gasteiger partial charge in [-0.25, -0.2) is 0 Å². The zero-order chi connectivity index (χ0) is 11.3. The van der Waals surface area contributed by atoms with Crippen molar-refractivity contribution < 1.29 is 14.7 Å². The molecule has 0 amide bonds. The third kappa shape index (κ3) is 3.47. The molecule has 0 aliphatic rings. The summed E-state index contributed by atoms with van der Waals surface area (Å²) in [5.41, 5.74) is 0.559. The Morgan fingerprint density at radius 3 is 2.33 bits per heavy atom. The summed E-state index contributed by atoms with van der Waals surface area (Å²) in [5.74, 6) is -1.58. The summed E-state index contributed by atoms with van der Waals surface area (Å²) in [5, 5.41) is 9.01. The smallest absolute Gasteiger partial charge is 0.304 e. The number of carboxylic acid groups (broad SMARTS) is 1. The number of hydrogen-bond donors (Lipinski definition) is 1. The zero-order valence-electron chi connectivity index (χ0n) is 8.02. The molecular weight excluding hydrogens is 260 g/mol. The van der Waals surface area contributed by atoms with Crippen molar-refractivity contribution in [3.8, 4) is 0 Å². The number of carbonyl (C=O) groups excluding carboxylic acids is 1. The van der Waals surface area contributed by atoms with E-state index in [2.05, 4.69) is 15.9 Å². The molecule has 0 aliphatic heterocycles. The number of alkyl halides is 1. The molecule has 1 aromatic carbocycles. The van der Waals surface area contributed by atoms with E-state index < -0.39 is 11.9 Å². The van der Waals surface area contributed by atoms with Crippen LogP contribution in [0, 0.1) is 5.92 Å². The van der Waals surface area contributed by atoms with Crippen molar-refractivity contribution in [2.75, 3.05) is 5.33 Å². The van der Waals surface area contributed by atoms with Crippen LogP contribution in [-0.4, -0.2) is 22.2 Å². The lowest BCUT2D eigenvalue weighted by atomic mass is 9.96. The van der Waals surface area contributed by atoms with Crippen LogP contribution >= 0.6 is 15.9 Å². The minimum atomic E-state index is -0.955. The number of aliphatic carboxylic acids is 1. The van der Waals surface area contributed by atoms with E-state index in [9.17, 15) is 9.59 Å². The molecule has 0 aromatic heterocycles. The fourth-order valence-electron chi connectivity index (χ4n) is 1.27. The lowest BCUT2D eigenvalue weighted by Crippen LogP contribution is -2.19.